The molecule has 1 heterocycles. The van der Waals surface area contributed by atoms with Gasteiger partial charge in [-0.2, -0.15) is 5.26 Å². The lowest BCUT2D eigenvalue weighted by molar-refractivity contribution is 0.196. The molecule has 84 valence electrons. The Labute approximate surface area is 94.5 Å². The number of aliphatic hydroxyl groups excluding tert-OH is 1. The Kier molecular flexibility index (Phi) is 3.37. The Balaban J connectivity index is 2.32. The highest BCUT2D eigenvalue weighted by molar-refractivity contribution is 5.43. The third kappa shape index (κ3) is 2.15. The fourth-order valence-corrected chi connectivity index (χ4v) is 1.95. The normalized spacial score (nSPS) is 14.0. The van der Waals surface area contributed by atoms with Crippen LogP contribution in [-0.4, -0.2) is 23.3 Å². The van der Waals surface area contributed by atoms with Crippen molar-refractivity contribution in [3.05, 3.63) is 22.9 Å². The Morgan fingerprint density at radius 3 is 3.00 bits per heavy atom. The van der Waals surface area contributed by atoms with E-state index >= 15 is 0 Å². The second kappa shape index (κ2) is 4.95. The summed E-state index contributed by atoms with van der Waals surface area (Å²) in [6.45, 7) is 0.115. The highest BCUT2D eigenvalue weighted by Crippen LogP contribution is 2.25. The lowest BCUT2D eigenvalue weighted by Crippen LogP contribution is -2.10. The zero-order valence-electron chi connectivity index (χ0n) is 9.07. The second-order valence-electron chi connectivity index (χ2n) is 3.84. The van der Waals surface area contributed by atoms with Crippen LogP contribution in [0.4, 0.5) is 0 Å². The van der Waals surface area contributed by atoms with Gasteiger partial charge in [0.15, 0.2) is 0 Å². The summed E-state index contributed by atoms with van der Waals surface area (Å²) < 4.78 is 5.26. The minimum atomic E-state index is -0.0658. The molecule has 0 unspecified atom stereocenters. The Morgan fingerprint density at radius 1 is 1.44 bits per heavy atom. The molecule has 0 spiro atoms. The minimum Gasteiger partial charge on any atom is -0.474 e. The van der Waals surface area contributed by atoms with Crippen LogP contribution in [0.5, 0.6) is 5.88 Å². The van der Waals surface area contributed by atoms with E-state index in [1.165, 1.54) is 5.56 Å². The van der Waals surface area contributed by atoms with E-state index in [2.05, 4.69) is 11.1 Å². The molecule has 1 aliphatic carbocycles. The van der Waals surface area contributed by atoms with Crippen LogP contribution >= 0.6 is 0 Å². The third-order valence-corrected chi connectivity index (χ3v) is 2.72. The molecule has 1 aromatic heterocycles. The van der Waals surface area contributed by atoms with Crippen molar-refractivity contribution in [3.8, 4) is 11.9 Å². The van der Waals surface area contributed by atoms with Crippen molar-refractivity contribution in [2.75, 3.05) is 13.2 Å². The largest absolute Gasteiger partial charge is 0.474 e. The van der Waals surface area contributed by atoms with E-state index in [-0.39, 0.29) is 13.2 Å². The number of hydrogen-bond acceptors (Lipinski definition) is 4. The Hall–Kier alpha value is -1.60. The number of hydrogen-bond donors (Lipinski definition) is 1. The van der Waals surface area contributed by atoms with Gasteiger partial charge in [-0.1, -0.05) is 0 Å². The number of aliphatic hydroxyl groups is 1. The van der Waals surface area contributed by atoms with Crippen molar-refractivity contribution in [3.63, 3.8) is 0 Å². The van der Waals surface area contributed by atoms with Crippen LogP contribution in [-0.2, 0) is 12.8 Å². The first kappa shape index (κ1) is 10.9. The summed E-state index contributed by atoms with van der Waals surface area (Å²) in [5.41, 5.74) is 2.67. The van der Waals surface area contributed by atoms with Gasteiger partial charge >= 0.3 is 0 Å². The van der Waals surface area contributed by atoms with Gasteiger partial charge in [0.2, 0.25) is 5.88 Å². The van der Waals surface area contributed by atoms with Gasteiger partial charge in [-0.3, -0.25) is 0 Å². The van der Waals surface area contributed by atoms with Gasteiger partial charge in [0.1, 0.15) is 18.2 Å². The quantitative estimate of drug-likeness (QED) is 0.828. The molecule has 0 aromatic carbocycles. The van der Waals surface area contributed by atoms with Crippen LogP contribution in [0.15, 0.2) is 6.07 Å². The third-order valence-electron chi connectivity index (χ3n) is 2.72. The number of pyridine rings is 1. The van der Waals surface area contributed by atoms with E-state index in [9.17, 15) is 0 Å². The number of ether oxygens (including phenoxy) is 1. The predicted molar refractivity (Wildman–Crippen MR) is 58.2 cm³/mol. The van der Waals surface area contributed by atoms with E-state index < -0.39 is 0 Å². The van der Waals surface area contributed by atoms with Gasteiger partial charge in [0.05, 0.1) is 6.61 Å². The highest BCUT2D eigenvalue weighted by atomic mass is 16.5. The molecule has 1 aliphatic rings. The maximum Gasteiger partial charge on any atom is 0.232 e. The van der Waals surface area contributed by atoms with Crippen molar-refractivity contribution in [1.82, 2.24) is 4.98 Å². The zero-order valence-corrected chi connectivity index (χ0v) is 9.07. The first-order chi connectivity index (χ1) is 7.85. The van der Waals surface area contributed by atoms with Crippen LogP contribution in [0.1, 0.15) is 29.7 Å². The molecule has 0 bridgehead atoms. The lowest BCUT2D eigenvalue weighted by atomic mass is 9.95. The first-order valence-corrected chi connectivity index (χ1v) is 5.51. The minimum absolute atomic E-state index is 0.0658. The van der Waals surface area contributed by atoms with Crippen LogP contribution < -0.4 is 4.74 Å². The van der Waals surface area contributed by atoms with Crippen molar-refractivity contribution in [2.24, 2.45) is 0 Å². The van der Waals surface area contributed by atoms with Crippen LogP contribution in [0.2, 0.25) is 0 Å². The fraction of sp³-hybridized carbons (Fsp3) is 0.500. The molecule has 16 heavy (non-hydrogen) atoms. The maximum absolute atomic E-state index is 8.99. The summed E-state index contributed by atoms with van der Waals surface area (Å²) in [5.74, 6) is 0.359. The lowest BCUT2D eigenvalue weighted by Gasteiger charge is -2.16. The number of nitriles is 1. The fourth-order valence-electron chi connectivity index (χ4n) is 1.95. The van der Waals surface area contributed by atoms with E-state index in [0.29, 0.717) is 11.4 Å². The van der Waals surface area contributed by atoms with E-state index in [4.69, 9.17) is 15.1 Å². The smallest absolute Gasteiger partial charge is 0.232 e. The molecule has 4 heteroatoms. The SMILES string of the molecule is N#Cc1cc2c(nc1OCCO)CCCC2. The number of fused-ring (bicyclic) bond motifs is 1. The molecule has 0 aliphatic heterocycles. The first-order valence-electron chi connectivity index (χ1n) is 5.51. The second-order valence-corrected chi connectivity index (χ2v) is 3.84. The van der Waals surface area contributed by atoms with E-state index in [1.807, 2.05) is 6.07 Å². The average Bonchev–Trinajstić information content (AvgIpc) is 2.35. The molecule has 0 atom stereocenters. The van der Waals surface area contributed by atoms with Gasteiger partial charge in [-0.15, -0.1) is 0 Å². The van der Waals surface area contributed by atoms with E-state index in [1.54, 1.807) is 0 Å². The molecule has 0 saturated carbocycles. The molecule has 0 radical (unpaired) electrons. The van der Waals surface area contributed by atoms with Crippen molar-refractivity contribution in [2.45, 2.75) is 25.7 Å². The molecule has 2 rings (SSSR count). The molecule has 0 fully saturated rings. The van der Waals surface area contributed by atoms with Gasteiger partial charge in [0, 0.05) is 5.69 Å². The molecule has 1 aromatic rings. The van der Waals surface area contributed by atoms with Crippen molar-refractivity contribution >= 4 is 0 Å². The maximum atomic E-state index is 8.99. The molecular formula is C12H14N2O2. The highest BCUT2D eigenvalue weighted by Gasteiger charge is 2.15. The summed E-state index contributed by atoms with van der Waals surface area (Å²) in [4.78, 5) is 4.37. The molecule has 4 nitrogen and oxygen atoms in total. The monoisotopic (exact) mass is 218 g/mol. The molecule has 0 saturated heterocycles. The summed E-state index contributed by atoms with van der Waals surface area (Å²) in [6.07, 6.45) is 4.26. The number of nitrogens with zero attached hydrogens (tertiary/aromatic N) is 2. The Bertz CT molecular complexity index is 424. The topological polar surface area (TPSA) is 66.1 Å². The average molecular weight is 218 g/mol. The summed E-state index contributed by atoms with van der Waals surface area (Å²) in [5, 5.41) is 17.7. The van der Waals surface area contributed by atoms with Gasteiger partial charge in [-0.05, 0) is 37.3 Å². The Morgan fingerprint density at radius 2 is 2.25 bits per heavy atom. The van der Waals surface area contributed by atoms with Crippen LogP contribution in [0.3, 0.4) is 0 Å². The van der Waals surface area contributed by atoms with Gasteiger partial charge < -0.3 is 9.84 Å². The standard InChI is InChI=1S/C12H14N2O2/c13-8-10-7-9-3-1-2-4-11(9)14-12(10)16-6-5-15/h7,15H,1-6H2. The van der Waals surface area contributed by atoms with Crippen molar-refractivity contribution in [1.29, 1.82) is 5.26 Å². The summed E-state index contributed by atoms with van der Waals surface area (Å²) >= 11 is 0. The predicted octanol–water partition coefficient (Wildman–Crippen LogP) is 1.20. The van der Waals surface area contributed by atoms with Gasteiger partial charge in [0.25, 0.3) is 0 Å². The van der Waals surface area contributed by atoms with Gasteiger partial charge in [-0.25, -0.2) is 4.98 Å². The molecule has 1 N–H and O–H groups in total. The number of rotatable bonds is 3. The summed E-state index contributed by atoms with van der Waals surface area (Å²) in [6, 6.07) is 3.95. The zero-order chi connectivity index (χ0) is 11.4. The van der Waals surface area contributed by atoms with Crippen LogP contribution in [0, 0.1) is 11.3 Å². The van der Waals surface area contributed by atoms with E-state index in [0.717, 1.165) is 31.4 Å². The summed E-state index contributed by atoms with van der Waals surface area (Å²) in [7, 11) is 0. The number of aromatic nitrogens is 1. The molecular weight excluding hydrogens is 204 g/mol. The molecule has 0 amide bonds. The van der Waals surface area contributed by atoms with Crippen molar-refractivity contribution < 1.29 is 9.84 Å². The van der Waals surface area contributed by atoms with Crippen LogP contribution in [0.25, 0.3) is 0 Å². The number of aryl methyl sites for hydroxylation is 2.